The van der Waals surface area contributed by atoms with E-state index in [0.717, 1.165) is 6.20 Å². The molecule has 0 N–H and O–H groups in total. The molecule has 1 aromatic rings. The summed E-state index contributed by atoms with van der Waals surface area (Å²) in [5.41, 5.74) is -1.68. The van der Waals surface area contributed by atoms with Gasteiger partial charge in [0.1, 0.15) is 0 Å². The summed E-state index contributed by atoms with van der Waals surface area (Å²) in [5.74, 6) is -2.63. The van der Waals surface area contributed by atoms with Crippen LogP contribution in [-0.4, -0.2) is 17.6 Å². The fourth-order valence-electron chi connectivity index (χ4n) is 1.20. The number of nitrogens with zero attached hydrogens (tertiary/aromatic N) is 1. The van der Waals surface area contributed by atoms with Crippen molar-refractivity contribution >= 4 is 17.6 Å². The maximum Gasteiger partial charge on any atom is 0.360 e. The molecule has 1 aromatic heterocycles. The van der Waals surface area contributed by atoms with Gasteiger partial charge in [-0.1, -0.05) is 0 Å². The van der Waals surface area contributed by atoms with Gasteiger partial charge in [-0.25, -0.2) is 22.9 Å². The monoisotopic (exact) mass is 267 g/mol. The summed E-state index contributed by atoms with van der Waals surface area (Å²) in [5, 5.41) is 0. The maximum atomic E-state index is 13.7. The second kappa shape index (κ2) is 5.86. The summed E-state index contributed by atoms with van der Waals surface area (Å²) < 4.78 is 43.2. The van der Waals surface area contributed by atoms with Gasteiger partial charge in [0.15, 0.2) is 11.5 Å². The fraction of sp³-hybridized carbons (Fsp3) is 0.400. The Morgan fingerprint density at radius 3 is 2.71 bits per heavy atom. The van der Waals surface area contributed by atoms with E-state index < -0.39 is 40.9 Å². The molecule has 1 rings (SSSR count). The average Bonchev–Trinajstić information content (AvgIpc) is 2.28. The third-order valence-electron chi connectivity index (χ3n) is 1.99. The minimum atomic E-state index is -2.90. The van der Waals surface area contributed by atoms with Crippen molar-refractivity contribution in [2.45, 2.75) is 19.2 Å². The van der Waals surface area contributed by atoms with Gasteiger partial charge in [-0.2, -0.15) is 0 Å². The van der Waals surface area contributed by atoms with E-state index in [0.29, 0.717) is 0 Å². The summed E-state index contributed by atoms with van der Waals surface area (Å²) in [7, 11) is 0. The Kier molecular flexibility index (Phi) is 4.74. The summed E-state index contributed by atoms with van der Waals surface area (Å²) in [6.07, 6.45) is -2.17. The molecule has 0 bridgehead atoms. The van der Waals surface area contributed by atoms with Crippen molar-refractivity contribution in [3.63, 3.8) is 0 Å². The Morgan fingerprint density at radius 1 is 1.59 bits per heavy atom. The first kappa shape index (κ1) is 13.8. The predicted octanol–water partition coefficient (Wildman–Crippen LogP) is 3.07. The van der Waals surface area contributed by atoms with Crippen molar-refractivity contribution in [1.29, 1.82) is 0 Å². The van der Waals surface area contributed by atoms with Crippen LogP contribution >= 0.6 is 11.6 Å². The Morgan fingerprint density at radius 2 is 2.24 bits per heavy atom. The maximum absolute atomic E-state index is 13.7. The number of hydrogen-bond acceptors (Lipinski definition) is 3. The lowest BCUT2D eigenvalue weighted by Gasteiger charge is -2.09. The van der Waals surface area contributed by atoms with Crippen LogP contribution in [0.3, 0.4) is 0 Å². The molecule has 0 aromatic carbocycles. The van der Waals surface area contributed by atoms with Crippen LogP contribution in [0.25, 0.3) is 0 Å². The molecule has 7 heteroatoms. The van der Waals surface area contributed by atoms with Crippen molar-refractivity contribution in [1.82, 2.24) is 4.98 Å². The highest BCUT2D eigenvalue weighted by Crippen LogP contribution is 2.27. The van der Waals surface area contributed by atoms with Gasteiger partial charge in [0.25, 0.3) is 6.43 Å². The number of halogens is 4. The molecule has 0 saturated carbocycles. The van der Waals surface area contributed by atoms with E-state index in [2.05, 4.69) is 9.72 Å². The molecule has 0 radical (unpaired) electrons. The molecule has 94 valence electrons. The molecule has 17 heavy (non-hydrogen) atoms. The van der Waals surface area contributed by atoms with Crippen LogP contribution in [0.5, 0.6) is 0 Å². The van der Waals surface area contributed by atoms with E-state index in [-0.39, 0.29) is 6.61 Å². The standard InChI is InChI=1S/C10H9ClF3NO2/c1-2-17-10(16)8-7(12)5(3-11)6(4-15-8)9(13)14/h4,9H,2-3H2,1H3. The van der Waals surface area contributed by atoms with Crippen LogP contribution in [0.4, 0.5) is 13.2 Å². The molecule has 0 aliphatic rings. The molecular weight excluding hydrogens is 259 g/mol. The topological polar surface area (TPSA) is 39.2 Å². The van der Waals surface area contributed by atoms with Crippen LogP contribution < -0.4 is 0 Å². The number of alkyl halides is 3. The molecule has 0 fully saturated rings. The number of pyridine rings is 1. The molecule has 0 unspecified atom stereocenters. The fourth-order valence-corrected chi connectivity index (χ4v) is 1.48. The van der Waals surface area contributed by atoms with E-state index >= 15 is 0 Å². The van der Waals surface area contributed by atoms with E-state index in [1.807, 2.05) is 0 Å². The zero-order chi connectivity index (χ0) is 13.0. The minimum Gasteiger partial charge on any atom is -0.461 e. The average molecular weight is 268 g/mol. The zero-order valence-electron chi connectivity index (χ0n) is 8.84. The minimum absolute atomic E-state index is 0.0345. The molecule has 0 amide bonds. The van der Waals surface area contributed by atoms with Crippen LogP contribution in [0.15, 0.2) is 6.20 Å². The van der Waals surface area contributed by atoms with E-state index in [9.17, 15) is 18.0 Å². The number of carbonyl (C=O) groups is 1. The number of carbonyl (C=O) groups excluding carboxylic acids is 1. The highest BCUT2D eigenvalue weighted by molar-refractivity contribution is 6.17. The molecule has 0 aliphatic heterocycles. The van der Waals surface area contributed by atoms with Crippen LogP contribution in [0, 0.1) is 5.82 Å². The second-order valence-corrected chi connectivity index (χ2v) is 3.28. The predicted molar refractivity (Wildman–Crippen MR) is 54.7 cm³/mol. The first-order chi connectivity index (χ1) is 8.02. The van der Waals surface area contributed by atoms with Crippen molar-refractivity contribution in [3.8, 4) is 0 Å². The molecule has 0 atom stereocenters. The smallest absolute Gasteiger partial charge is 0.360 e. The summed E-state index contributed by atoms with van der Waals surface area (Å²) in [4.78, 5) is 14.6. The van der Waals surface area contributed by atoms with Gasteiger partial charge < -0.3 is 4.74 Å². The number of aromatic nitrogens is 1. The molecular formula is C10H9ClF3NO2. The molecule has 1 heterocycles. The van der Waals surface area contributed by atoms with Crippen molar-refractivity contribution < 1.29 is 22.7 Å². The highest BCUT2D eigenvalue weighted by Gasteiger charge is 2.23. The Balaban J connectivity index is 3.24. The van der Waals surface area contributed by atoms with E-state index in [1.54, 1.807) is 0 Å². The van der Waals surface area contributed by atoms with Gasteiger partial charge in [0.2, 0.25) is 0 Å². The summed E-state index contributed by atoms with van der Waals surface area (Å²) in [6.45, 7) is 1.57. The highest BCUT2D eigenvalue weighted by atomic mass is 35.5. The lowest BCUT2D eigenvalue weighted by atomic mass is 10.1. The lowest BCUT2D eigenvalue weighted by molar-refractivity contribution is 0.0512. The third-order valence-corrected chi connectivity index (χ3v) is 2.26. The van der Waals surface area contributed by atoms with Crippen molar-refractivity contribution in [2.24, 2.45) is 0 Å². The van der Waals surface area contributed by atoms with Crippen LogP contribution in [-0.2, 0) is 10.6 Å². The SMILES string of the molecule is CCOC(=O)c1ncc(C(F)F)c(CCl)c1F. The third kappa shape index (κ3) is 2.88. The summed E-state index contributed by atoms with van der Waals surface area (Å²) in [6, 6.07) is 0. The number of rotatable bonds is 4. The quantitative estimate of drug-likeness (QED) is 0.622. The van der Waals surface area contributed by atoms with Crippen LogP contribution in [0.2, 0.25) is 0 Å². The van der Waals surface area contributed by atoms with Gasteiger partial charge in [-0.3, -0.25) is 0 Å². The molecule has 0 aliphatic carbocycles. The number of hydrogen-bond donors (Lipinski definition) is 0. The van der Waals surface area contributed by atoms with Gasteiger partial charge in [-0.05, 0) is 6.92 Å². The van der Waals surface area contributed by atoms with Crippen molar-refractivity contribution in [3.05, 3.63) is 28.8 Å². The molecule has 0 spiro atoms. The number of esters is 1. The van der Waals surface area contributed by atoms with Gasteiger partial charge in [-0.15, -0.1) is 11.6 Å². The first-order valence-corrected chi connectivity index (χ1v) is 5.24. The van der Waals surface area contributed by atoms with E-state index in [1.165, 1.54) is 6.92 Å². The van der Waals surface area contributed by atoms with Crippen LogP contribution in [0.1, 0.15) is 35.0 Å². The molecule has 3 nitrogen and oxygen atoms in total. The van der Waals surface area contributed by atoms with E-state index in [4.69, 9.17) is 11.6 Å². The van der Waals surface area contributed by atoms with Gasteiger partial charge in [0, 0.05) is 17.3 Å². The Bertz CT molecular complexity index is 426. The molecule has 0 saturated heterocycles. The largest absolute Gasteiger partial charge is 0.461 e. The van der Waals surface area contributed by atoms with Gasteiger partial charge >= 0.3 is 5.97 Å². The number of ether oxygens (including phenoxy) is 1. The first-order valence-electron chi connectivity index (χ1n) is 4.71. The zero-order valence-corrected chi connectivity index (χ0v) is 9.60. The summed E-state index contributed by atoms with van der Waals surface area (Å²) >= 11 is 5.38. The Labute approximate surface area is 101 Å². The lowest BCUT2D eigenvalue weighted by Crippen LogP contribution is -2.13. The van der Waals surface area contributed by atoms with Crippen molar-refractivity contribution in [2.75, 3.05) is 6.61 Å². The normalized spacial score (nSPS) is 10.7. The van der Waals surface area contributed by atoms with Gasteiger partial charge in [0.05, 0.1) is 12.5 Å². The second-order valence-electron chi connectivity index (χ2n) is 3.01. The Hall–Kier alpha value is -1.30.